The monoisotopic (exact) mass is 362 g/mol. The summed E-state index contributed by atoms with van der Waals surface area (Å²) in [5.41, 5.74) is 3.76. The third-order valence-electron chi connectivity index (χ3n) is 3.57. The Kier molecular flexibility index (Phi) is 8.28. The van der Waals surface area contributed by atoms with Crippen LogP contribution in [-0.4, -0.2) is 45.5 Å². The van der Waals surface area contributed by atoms with E-state index in [0.717, 1.165) is 22.4 Å². The zero-order valence-corrected chi connectivity index (χ0v) is 15.9. The minimum absolute atomic E-state index is 0.193. The zero-order chi connectivity index (χ0) is 19.0. The standard InChI is InChI=1S/C19H26N2O3S/c1-6-8-21(9-7-2)18(23)13-25(24)12-17(22)20-19-15(4)10-14(3)11-16(19)5/h6-7,10-11H,1-2,8-9,12-13H2,3-5H3,(H,20,22)/t25-/m1/s1. The van der Waals surface area contributed by atoms with Gasteiger partial charge in [-0.25, -0.2) is 0 Å². The lowest BCUT2D eigenvalue weighted by molar-refractivity contribution is -0.127. The summed E-state index contributed by atoms with van der Waals surface area (Å²) in [6, 6.07) is 3.96. The fourth-order valence-corrected chi connectivity index (χ4v) is 3.49. The van der Waals surface area contributed by atoms with Crippen LogP contribution in [0.2, 0.25) is 0 Å². The van der Waals surface area contributed by atoms with Gasteiger partial charge in [-0.05, 0) is 31.9 Å². The number of benzene rings is 1. The molecule has 0 saturated carbocycles. The van der Waals surface area contributed by atoms with Crippen LogP contribution in [-0.2, 0) is 20.4 Å². The Morgan fingerprint density at radius 2 is 1.60 bits per heavy atom. The first-order chi connectivity index (χ1) is 11.8. The second-order valence-electron chi connectivity index (χ2n) is 5.93. The van der Waals surface area contributed by atoms with Crippen molar-refractivity contribution >= 4 is 28.3 Å². The molecule has 0 bridgehead atoms. The lowest BCUT2D eigenvalue weighted by atomic mass is 10.1. The van der Waals surface area contributed by atoms with Gasteiger partial charge in [0.15, 0.2) is 0 Å². The van der Waals surface area contributed by atoms with Gasteiger partial charge in [0.25, 0.3) is 0 Å². The molecule has 0 aliphatic heterocycles. The fourth-order valence-electron chi connectivity index (χ4n) is 2.57. The van der Waals surface area contributed by atoms with E-state index in [1.807, 2.05) is 32.9 Å². The summed E-state index contributed by atoms with van der Waals surface area (Å²) in [6.07, 6.45) is 3.19. The maximum absolute atomic E-state index is 12.2. The van der Waals surface area contributed by atoms with Crippen LogP contribution in [0.15, 0.2) is 37.4 Å². The number of anilines is 1. The van der Waals surface area contributed by atoms with Gasteiger partial charge in [0, 0.05) is 29.6 Å². The second kappa shape index (κ2) is 9.93. The van der Waals surface area contributed by atoms with Crippen LogP contribution >= 0.6 is 0 Å². The maximum Gasteiger partial charge on any atom is 0.237 e. The predicted octanol–water partition coefficient (Wildman–Crippen LogP) is 2.50. The number of carbonyl (C=O) groups excluding carboxylic acids is 2. The Bertz CT molecular complexity index is 665. The van der Waals surface area contributed by atoms with Crippen LogP contribution < -0.4 is 5.32 Å². The SMILES string of the molecule is C=CCN(CC=C)C(=O)C[S@](=O)CC(=O)Nc1c(C)cc(C)cc1C. The lowest BCUT2D eigenvalue weighted by Crippen LogP contribution is -2.36. The molecule has 2 amide bonds. The van der Waals surface area contributed by atoms with Gasteiger partial charge in [-0.3, -0.25) is 13.8 Å². The number of rotatable bonds is 9. The number of aryl methyl sites for hydroxylation is 3. The van der Waals surface area contributed by atoms with Gasteiger partial charge in [0.1, 0.15) is 11.5 Å². The Hall–Kier alpha value is -2.21. The molecule has 0 aliphatic carbocycles. The molecule has 0 heterocycles. The maximum atomic E-state index is 12.2. The topological polar surface area (TPSA) is 66.5 Å². The van der Waals surface area contributed by atoms with E-state index in [2.05, 4.69) is 18.5 Å². The summed E-state index contributed by atoms with van der Waals surface area (Å²) in [5, 5.41) is 2.80. The number of hydrogen-bond donors (Lipinski definition) is 1. The molecule has 1 N–H and O–H groups in total. The Labute approximate surface area is 152 Å². The van der Waals surface area contributed by atoms with Crippen LogP contribution in [0, 0.1) is 20.8 Å². The highest BCUT2D eigenvalue weighted by Crippen LogP contribution is 2.21. The molecule has 25 heavy (non-hydrogen) atoms. The van der Waals surface area contributed by atoms with Gasteiger partial charge in [0.2, 0.25) is 11.8 Å². The van der Waals surface area contributed by atoms with E-state index >= 15 is 0 Å². The van der Waals surface area contributed by atoms with Gasteiger partial charge >= 0.3 is 0 Å². The second-order valence-corrected chi connectivity index (χ2v) is 7.38. The molecule has 0 unspecified atom stereocenters. The van der Waals surface area contributed by atoms with E-state index < -0.39 is 10.8 Å². The van der Waals surface area contributed by atoms with Gasteiger partial charge in [-0.1, -0.05) is 29.8 Å². The summed E-state index contributed by atoms with van der Waals surface area (Å²) in [4.78, 5) is 25.8. The van der Waals surface area contributed by atoms with E-state index in [1.54, 1.807) is 12.2 Å². The first-order valence-electron chi connectivity index (χ1n) is 8.00. The molecule has 0 saturated heterocycles. The third kappa shape index (κ3) is 6.66. The molecule has 0 aromatic heterocycles. The van der Waals surface area contributed by atoms with Crippen molar-refractivity contribution in [1.29, 1.82) is 0 Å². The molecule has 0 aliphatic rings. The summed E-state index contributed by atoms with van der Waals surface area (Å²) >= 11 is 0. The van der Waals surface area contributed by atoms with Crippen molar-refractivity contribution in [2.45, 2.75) is 20.8 Å². The molecular formula is C19H26N2O3S. The van der Waals surface area contributed by atoms with Crippen molar-refractivity contribution in [2.75, 3.05) is 29.9 Å². The normalized spacial score (nSPS) is 11.5. The van der Waals surface area contributed by atoms with Crippen LogP contribution in [0.25, 0.3) is 0 Å². The van der Waals surface area contributed by atoms with Gasteiger partial charge in [0.05, 0.1) is 0 Å². The summed E-state index contributed by atoms with van der Waals surface area (Å²) in [7, 11) is -1.57. The molecule has 6 heteroatoms. The van der Waals surface area contributed by atoms with Crippen molar-refractivity contribution in [3.05, 3.63) is 54.1 Å². The van der Waals surface area contributed by atoms with Gasteiger partial charge in [-0.2, -0.15) is 0 Å². The van der Waals surface area contributed by atoms with E-state index in [9.17, 15) is 13.8 Å². The van der Waals surface area contributed by atoms with Crippen LogP contribution in [0.4, 0.5) is 5.69 Å². The lowest BCUT2D eigenvalue weighted by Gasteiger charge is -2.19. The Morgan fingerprint density at radius 3 is 2.08 bits per heavy atom. The minimum atomic E-state index is -1.57. The largest absolute Gasteiger partial charge is 0.334 e. The van der Waals surface area contributed by atoms with Crippen LogP contribution in [0.3, 0.4) is 0 Å². The number of hydrogen-bond acceptors (Lipinski definition) is 3. The minimum Gasteiger partial charge on any atom is -0.334 e. The van der Waals surface area contributed by atoms with E-state index in [-0.39, 0.29) is 23.3 Å². The molecule has 0 radical (unpaired) electrons. The summed E-state index contributed by atoms with van der Waals surface area (Å²) in [5.74, 6) is -1.05. The molecule has 1 aromatic carbocycles. The van der Waals surface area contributed by atoms with Gasteiger partial charge in [-0.15, -0.1) is 13.2 Å². The average Bonchev–Trinajstić information content (AvgIpc) is 2.50. The first-order valence-corrected chi connectivity index (χ1v) is 9.49. The highest BCUT2D eigenvalue weighted by atomic mass is 32.2. The average molecular weight is 362 g/mol. The van der Waals surface area contributed by atoms with Crippen LogP contribution in [0.1, 0.15) is 16.7 Å². The third-order valence-corrected chi connectivity index (χ3v) is 4.72. The number of carbonyl (C=O) groups is 2. The van der Waals surface area contributed by atoms with E-state index in [0.29, 0.717) is 13.1 Å². The molecule has 136 valence electrons. The summed E-state index contributed by atoms with van der Waals surface area (Å²) < 4.78 is 12.1. The molecule has 0 spiro atoms. The molecular weight excluding hydrogens is 336 g/mol. The van der Waals surface area contributed by atoms with Crippen LogP contribution in [0.5, 0.6) is 0 Å². The predicted molar refractivity (Wildman–Crippen MR) is 104 cm³/mol. The molecule has 1 aromatic rings. The Balaban J connectivity index is 2.65. The highest BCUT2D eigenvalue weighted by Gasteiger charge is 2.17. The Morgan fingerprint density at radius 1 is 1.08 bits per heavy atom. The molecule has 5 nitrogen and oxygen atoms in total. The zero-order valence-electron chi connectivity index (χ0n) is 15.1. The first kappa shape index (κ1) is 20.8. The number of amides is 2. The van der Waals surface area contributed by atoms with Gasteiger partial charge < -0.3 is 10.2 Å². The van der Waals surface area contributed by atoms with Crippen molar-refractivity contribution in [3.63, 3.8) is 0 Å². The fraction of sp³-hybridized carbons (Fsp3) is 0.368. The van der Waals surface area contributed by atoms with E-state index in [4.69, 9.17) is 0 Å². The molecule has 0 fully saturated rings. The highest BCUT2D eigenvalue weighted by molar-refractivity contribution is 7.86. The molecule has 1 atom stereocenters. The smallest absolute Gasteiger partial charge is 0.237 e. The number of nitrogens with zero attached hydrogens (tertiary/aromatic N) is 1. The van der Waals surface area contributed by atoms with Crippen molar-refractivity contribution in [3.8, 4) is 0 Å². The van der Waals surface area contributed by atoms with E-state index in [1.165, 1.54) is 4.90 Å². The van der Waals surface area contributed by atoms with Crippen molar-refractivity contribution in [1.82, 2.24) is 4.90 Å². The van der Waals surface area contributed by atoms with Crippen molar-refractivity contribution < 1.29 is 13.8 Å². The molecule has 1 rings (SSSR count). The number of nitrogens with one attached hydrogen (secondary N) is 1. The van der Waals surface area contributed by atoms with Crippen molar-refractivity contribution in [2.24, 2.45) is 0 Å². The summed E-state index contributed by atoms with van der Waals surface area (Å²) in [6.45, 7) is 13.7. The quantitative estimate of drug-likeness (QED) is 0.687.